The molecule has 0 aliphatic rings. The highest BCUT2D eigenvalue weighted by Crippen LogP contribution is 2.06. The Morgan fingerprint density at radius 2 is 2.47 bits per heavy atom. The number of nitrogens with zero attached hydrogens (tertiary/aromatic N) is 2. The molecule has 0 amide bonds. The van der Waals surface area contributed by atoms with E-state index in [1.807, 2.05) is 6.20 Å². The fourth-order valence-corrected chi connectivity index (χ4v) is 1.57. The first kappa shape index (κ1) is 12.3. The van der Waals surface area contributed by atoms with Gasteiger partial charge in [-0.05, 0) is 13.3 Å². The summed E-state index contributed by atoms with van der Waals surface area (Å²) in [6.45, 7) is 4.41. The highest BCUT2D eigenvalue weighted by molar-refractivity contribution is 6.20. The normalized spacial score (nSPS) is 12.7. The third kappa shape index (κ3) is 4.10. The summed E-state index contributed by atoms with van der Waals surface area (Å²) in [6.07, 6.45) is 4.61. The number of nitrogens with one attached hydrogen (secondary N) is 1. The molecular formula is C10H18ClN3O. The van der Waals surface area contributed by atoms with Crippen LogP contribution in [0, 0.1) is 0 Å². The minimum atomic E-state index is 0.0625. The Labute approximate surface area is 95.6 Å². The molecule has 0 spiro atoms. The average Bonchev–Trinajstić information content (AvgIpc) is 2.66. The van der Waals surface area contributed by atoms with Crippen molar-refractivity contribution < 1.29 is 4.74 Å². The number of methoxy groups -OCH3 is 1. The molecule has 0 aliphatic heterocycles. The summed E-state index contributed by atoms with van der Waals surface area (Å²) in [6, 6.07) is 0. The van der Waals surface area contributed by atoms with Gasteiger partial charge in [-0.25, -0.2) is 4.98 Å². The Kier molecular flexibility index (Phi) is 5.50. The summed E-state index contributed by atoms with van der Waals surface area (Å²) in [7, 11) is 1.66. The lowest BCUT2D eigenvalue weighted by Gasteiger charge is -2.10. The molecule has 0 aromatic carbocycles. The third-order valence-electron chi connectivity index (χ3n) is 2.14. The highest BCUT2D eigenvalue weighted by Gasteiger charge is 2.04. The molecule has 0 radical (unpaired) electrons. The van der Waals surface area contributed by atoms with Gasteiger partial charge in [0.2, 0.25) is 5.95 Å². The van der Waals surface area contributed by atoms with E-state index in [1.54, 1.807) is 13.3 Å². The molecule has 15 heavy (non-hydrogen) atoms. The van der Waals surface area contributed by atoms with Crippen LogP contribution < -0.4 is 5.32 Å². The molecule has 1 aromatic rings. The van der Waals surface area contributed by atoms with Crippen molar-refractivity contribution in [2.24, 2.45) is 0 Å². The zero-order chi connectivity index (χ0) is 11.1. The minimum Gasteiger partial charge on any atom is -0.383 e. The van der Waals surface area contributed by atoms with E-state index in [9.17, 15) is 0 Å². The molecule has 1 rings (SSSR count). The van der Waals surface area contributed by atoms with Gasteiger partial charge in [0.1, 0.15) is 0 Å². The molecule has 0 aliphatic carbocycles. The molecule has 0 saturated heterocycles. The van der Waals surface area contributed by atoms with E-state index in [1.165, 1.54) is 0 Å². The Hall–Kier alpha value is -0.740. The zero-order valence-corrected chi connectivity index (χ0v) is 10.00. The van der Waals surface area contributed by atoms with Gasteiger partial charge in [0.15, 0.2) is 0 Å². The summed E-state index contributed by atoms with van der Waals surface area (Å²) in [4.78, 5) is 4.21. The van der Waals surface area contributed by atoms with Gasteiger partial charge in [-0.3, -0.25) is 0 Å². The van der Waals surface area contributed by atoms with Crippen LogP contribution in [0.15, 0.2) is 12.4 Å². The number of alkyl halides is 1. The smallest absolute Gasteiger partial charge is 0.202 e. The summed E-state index contributed by atoms with van der Waals surface area (Å²) < 4.78 is 7.01. The maximum absolute atomic E-state index is 6.00. The fraction of sp³-hybridized carbons (Fsp3) is 0.700. The van der Waals surface area contributed by atoms with Crippen molar-refractivity contribution in [3.63, 3.8) is 0 Å². The molecule has 86 valence electrons. The number of hydrogen-bond donors (Lipinski definition) is 1. The van der Waals surface area contributed by atoms with E-state index in [0.717, 1.165) is 25.5 Å². The van der Waals surface area contributed by atoms with Crippen molar-refractivity contribution in [1.29, 1.82) is 0 Å². The molecule has 1 N–H and O–H groups in total. The van der Waals surface area contributed by atoms with Gasteiger partial charge in [0.05, 0.1) is 12.0 Å². The second-order valence-corrected chi connectivity index (χ2v) is 3.92. The van der Waals surface area contributed by atoms with Crippen LogP contribution in [0.3, 0.4) is 0 Å². The maximum Gasteiger partial charge on any atom is 0.202 e. The largest absolute Gasteiger partial charge is 0.383 e. The molecule has 1 atom stereocenters. The van der Waals surface area contributed by atoms with Crippen molar-refractivity contribution in [1.82, 2.24) is 9.55 Å². The summed E-state index contributed by atoms with van der Waals surface area (Å²) in [5.74, 6) is 0.902. The number of aromatic nitrogens is 2. The van der Waals surface area contributed by atoms with Gasteiger partial charge in [-0.2, -0.15) is 0 Å². The predicted molar refractivity (Wildman–Crippen MR) is 62.5 cm³/mol. The van der Waals surface area contributed by atoms with Gasteiger partial charge < -0.3 is 14.6 Å². The summed E-state index contributed by atoms with van der Waals surface area (Å²) >= 11 is 6.00. The van der Waals surface area contributed by atoms with Crippen LogP contribution in [0.25, 0.3) is 0 Å². The van der Waals surface area contributed by atoms with Crippen LogP contribution in [0.1, 0.15) is 13.3 Å². The summed E-state index contributed by atoms with van der Waals surface area (Å²) in [5, 5.41) is 3.31. The third-order valence-corrected chi connectivity index (χ3v) is 2.49. The Morgan fingerprint density at radius 1 is 1.67 bits per heavy atom. The lowest BCUT2D eigenvalue weighted by atomic mass is 10.3. The predicted octanol–water partition coefficient (Wildman–Crippen LogP) is 1.96. The lowest BCUT2D eigenvalue weighted by molar-refractivity contribution is 0.196. The number of ether oxygens (including phenoxy) is 1. The van der Waals surface area contributed by atoms with E-state index in [-0.39, 0.29) is 5.38 Å². The second-order valence-electron chi connectivity index (χ2n) is 3.30. The van der Waals surface area contributed by atoms with Gasteiger partial charge in [-0.15, -0.1) is 11.6 Å². The Bertz CT molecular complexity index is 277. The molecule has 5 heteroatoms. The quantitative estimate of drug-likeness (QED) is 0.730. The molecular weight excluding hydrogens is 214 g/mol. The monoisotopic (exact) mass is 231 g/mol. The summed E-state index contributed by atoms with van der Waals surface area (Å²) in [5.41, 5.74) is 0. The van der Waals surface area contributed by atoms with Crippen LogP contribution >= 0.6 is 11.6 Å². The van der Waals surface area contributed by atoms with Crippen LogP contribution in [0.2, 0.25) is 0 Å². The molecule has 0 fully saturated rings. The van der Waals surface area contributed by atoms with Crippen molar-refractivity contribution >= 4 is 17.5 Å². The van der Waals surface area contributed by atoms with Crippen LogP contribution in [0.4, 0.5) is 5.95 Å². The van der Waals surface area contributed by atoms with Crippen LogP contribution in [-0.4, -0.2) is 35.2 Å². The van der Waals surface area contributed by atoms with Gasteiger partial charge in [-0.1, -0.05) is 0 Å². The van der Waals surface area contributed by atoms with E-state index in [0.29, 0.717) is 6.61 Å². The first-order chi connectivity index (χ1) is 7.27. The maximum atomic E-state index is 6.00. The van der Waals surface area contributed by atoms with Crippen molar-refractivity contribution in [3.8, 4) is 0 Å². The van der Waals surface area contributed by atoms with Crippen LogP contribution in [0.5, 0.6) is 0 Å². The van der Waals surface area contributed by atoms with E-state index < -0.39 is 0 Å². The van der Waals surface area contributed by atoms with Gasteiger partial charge in [0.25, 0.3) is 0 Å². The number of imidazole rings is 1. The minimum absolute atomic E-state index is 0.0625. The standard InChI is InChI=1S/C10H18ClN3O/c1-3-14-7-6-13-10(14)12-5-4-9(11)8-15-2/h6-7,9H,3-5,8H2,1-2H3,(H,12,13). The Morgan fingerprint density at radius 3 is 3.13 bits per heavy atom. The lowest BCUT2D eigenvalue weighted by Crippen LogP contribution is -2.15. The first-order valence-electron chi connectivity index (χ1n) is 5.16. The van der Waals surface area contributed by atoms with Crippen molar-refractivity contribution in [2.45, 2.75) is 25.3 Å². The number of halogens is 1. The topological polar surface area (TPSA) is 39.1 Å². The second kappa shape index (κ2) is 6.69. The number of anilines is 1. The fourth-order valence-electron chi connectivity index (χ4n) is 1.34. The molecule has 0 saturated carbocycles. The molecule has 0 bridgehead atoms. The number of aryl methyl sites for hydroxylation is 1. The van der Waals surface area contributed by atoms with Gasteiger partial charge >= 0.3 is 0 Å². The van der Waals surface area contributed by atoms with Crippen LogP contribution in [-0.2, 0) is 11.3 Å². The van der Waals surface area contributed by atoms with Crippen molar-refractivity contribution in [3.05, 3.63) is 12.4 Å². The average molecular weight is 232 g/mol. The van der Waals surface area contributed by atoms with Crippen molar-refractivity contribution in [2.75, 3.05) is 25.6 Å². The highest BCUT2D eigenvalue weighted by atomic mass is 35.5. The van der Waals surface area contributed by atoms with E-state index in [4.69, 9.17) is 16.3 Å². The number of rotatable bonds is 7. The van der Waals surface area contributed by atoms with E-state index >= 15 is 0 Å². The molecule has 4 nitrogen and oxygen atoms in total. The SMILES string of the molecule is CCn1ccnc1NCCC(Cl)COC. The Balaban J connectivity index is 2.25. The first-order valence-corrected chi connectivity index (χ1v) is 5.59. The zero-order valence-electron chi connectivity index (χ0n) is 9.24. The number of hydrogen-bond acceptors (Lipinski definition) is 3. The van der Waals surface area contributed by atoms with E-state index in [2.05, 4.69) is 21.8 Å². The molecule has 1 heterocycles. The molecule has 1 unspecified atom stereocenters. The molecule has 1 aromatic heterocycles. The van der Waals surface area contributed by atoms with Gasteiger partial charge in [0, 0.05) is 32.6 Å².